The van der Waals surface area contributed by atoms with Crippen molar-refractivity contribution < 1.29 is 0 Å². The second-order valence-corrected chi connectivity index (χ2v) is 5.89. The third-order valence-corrected chi connectivity index (χ3v) is 4.48. The molecule has 0 amide bonds. The van der Waals surface area contributed by atoms with Crippen LogP contribution in [0.2, 0.25) is 0 Å². The normalized spacial score (nSPS) is 22.9. The molecule has 3 nitrogen and oxygen atoms in total. The van der Waals surface area contributed by atoms with E-state index in [4.69, 9.17) is 12.2 Å². The van der Waals surface area contributed by atoms with Gasteiger partial charge in [0.15, 0.2) is 10.6 Å². The largest absolute Gasteiger partial charge is 0.296 e. The molecule has 0 bridgehead atoms. The number of nitrogens with zero attached hydrogens (tertiary/aromatic N) is 2. The van der Waals surface area contributed by atoms with Crippen LogP contribution in [-0.2, 0) is 0 Å². The second-order valence-electron chi connectivity index (χ2n) is 4.55. The van der Waals surface area contributed by atoms with Crippen LogP contribution in [0.25, 0.3) is 10.7 Å². The first-order valence-electron chi connectivity index (χ1n) is 6.02. The summed E-state index contributed by atoms with van der Waals surface area (Å²) in [7, 11) is 0. The van der Waals surface area contributed by atoms with Crippen molar-refractivity contribution in [1.29, 1.82) is 0 Å². The number of rotatable bonds is 4. The van der Waals surface area contributed by atoms with E-state index in [1.807, 2.05) is 0 Å². The topological polar surface area (TPSA) is 33.6 Å². The fraction of sp³-hybridized carbons (Fsp3) is 0.500. The lowest BCUT2D eigenvalue weighted by Gasteiger charge is -2.04. The van der Waals surface area contributed by atoms with Gasteiger partial charge in [0.1, 0.15) is 0 Å². The molecule has 1 aliphatic rings. The van der Waals surface area contributed by atoms with Crippen LogP contribution >= 0.6 is 23.6 Å². The maximum absolute atomic E-state index is 5.35. The van der Waals surface area contributed by atoms with E-state index in [-0.39, 0.29) is 0 Å². The van der Waals surface area contributed by atoms with Crippen molar-refractivity contribution in [2.24, 2.45) is 5.92 Å². The summed E-state index contributed by atoms with van der Waals surface area (Å²) >= 11 is 7.06. The summed E-state index contributed by atoms with van der Waals surface area (Å²) in [5.74, 6) is 1.80. The Kier molecular flexibility index (Phi) is 2.88. The minimum absolute atomic E-state index is 0.568. The van der Waals surface area contributed by atoms with Crippen molar-refractivity contribution in [2.45, 2.75) is 32.2 Å². The Morgan fingerprint density at radius 1 is 1.65 bits per heavy atom. The van der Waals surface area contributed by atoms with E-state index < -0.39 is 0 Å². The van der Waals surface area contributed by atoms with Gasteiger partial charge in [-0.15, -0.1) is 11.3 Å². The van der Waals surface area contributed by atoms with Gasteiger partial charge < -0.3 is 0 Å². The number of aromatic nitrogens is 3. The van der Waals surface area contributed by atoms with Gasteiger partial charge in [-0.1, -0.05) is 19.4 Å². The van der Waals surface area contributed by atoms with Crippen molar-refractivity contribution >= 4 is 23.6 Å². The lowest BCUT2D eigenvalue weighted by atomic mass is 10.2. The number of nitrogens with one attached hydrogen (secondary N) is 1. The van der Waals surface area contributed by atoms with Crippen LogP contribution in [0.4, 0.5) is 0 Å². The molecule has 1 aliphatic carbocycles. The van der Waals surface area contributed by atoms with E-state index in [1.54, 1.807) is 11.3 Å². The zero-order chi connectivity index (χ0) is 11.8. The highest BCUT2D eigenvalue weighted by Crippen LogP contribution is 2.48. The summed E-state index contributed by atoms with van der Waals surface area (Å²) in [5, 5.41) is 9.38. The summed E-state index contributed by atoms with van der Waals surface area (Å²) in [6.07, 6.45) is 3.79. The SMILES string of the molecule is CCCC1CC1n1c(-c2cccs2)n[nH]c1=S. The summed E-state index contributed by atoms with van der Waals surface area (Å²) in [5.41, 5.74) is 0. The van der Waals surface area contributed by atoms with Crippen LogP contribution in [0.3, 0.4) is 0 Å². The minimum atomic E-state index is 0.568. The molecule has 5 heteroatoms. The molecule has 90 valence electrons. The molecular weight excluding hydrogens is 250 g/mol. The Morgan fingerprint density at radius 3 is 3.24 bits per heavy atom. The van der Waals surface area contributed by atoms with Crippen molar-refractivity contribution in [2.75, 3.05) is 0 Å². The molecule has 2 aromatic heterocycles. The Morgan fingerprint density at radius 2 is 2.53 bits per heavy atom. The predicted molar refractivity (Wildman–Crippen MR) is 72.8 cm³/mol. The third kappa shape index (κ3) is 1.98. The van der Waals surface area contributed by atoms with Crippen molar-refractivity contribution in [3.8, 4) is 10.7 Å². The Bertz CT molecular complexity index is 553. The summed E-state index contributed by atoms with van der Waals surface area (Å²) in [6, 6.07) is 4.72. The van der Waals surface area contributed by atoms with Crippen LogP contribution in [0.15, 0.2) is 17.5 Å². The summed E-state index contributed by atoms with van der Waals surface area (Å²) in [4.78, 5) is 1.19. The number of thiophene rings is 1. The molecule has 0 aliphatic heterocycles. The first kappa shape index (κ1) is 11.2. The van der Waals surface area contributed by atoms with Crippen molar-refractivity contribution in [3.05, 3.63) is 22.3 Å². The Labute approximate surface area is 109 Å². The highest BCUT2D eigenvalue weighted by Gasteiger charge is 2.39. The fourth-order valence-electron chi connectivity index (χ4n) is 2.42. The van der Waals surface area contributed by atoms with Gasteiger partial charge in [-0.2, -0.15) is 5.10 Å². The number of H-pyrrole nitrogens is 1. The van der Waals surface area contributed by atoms with E-state index in [2.05, 4.69) is 39.2 Å². The van der Waals surface area contributed by atoms with Crippen LogP contribution in [0.1, 0.15) is 32.2 Å². The molecule has 1 saturated carbocycles. The lowest BCUT2D eigenvalue weighted by Crippen LogP contribution is -1.99. The molecule has 0 spiro atoms. The molecule has 17 heavy (non-hydrogen) atoms. The Balaban J connectivity index is 1.95. The van der Waals surface area contributed by atoms with Crippen molar-refractivity contribution in [1.82, 2.24) is 14.8 Å². The molecular formula is C12H15N3S2. The third-order valence-electron chi connectivity index (χ3n) is 3.32. The molecule has 1 fully saturated rings. The van der Waals surface area contributed by atoms with Gasteiger partial charge in [0.05, 0.1) is 4.88 Å². The van der Waals surface area contributed by atoms with Crippen molar-refractivity contribution in [3.63, 3.8) is 0 Å². The van der Waals surface area contributed by atoms with Gasteiger partial charge in [-0.3, -0.25) is 9.67 Å². The maximum atomic E-state index is 5.35. The van der Waals surface area contributed by atoms with E-state index in [1.165, 1.54) is 24.1 Å². The van der Waals surface area contributed by atoms with Crippen LogP contribution in [-0.4, -0.2) is 14.8 Å². The van der Waals surface area contributed by atoms with Gasteiger partial charge >= 0.3 is 0 Å². The van der Waals surface area contributed by atoms with Gasteiger partial charge in [-0.25, -0.2) is 0 Å². The highest BCUT2D eigenvalue weighted by molar-refractivity contribution is 7.71. The monoisotopic (exact) mass is 265 g/mol. The van der Waals surface area contributed by atoms with Gasteiger partial charge in [-0.05, 0) is 42.4 Å². The van der Waals surface area contributed by atoms with Crippen LogP contribution in [0.5, 0.6) is 0 Å². The van der Waals surface area contributed by atoms with E-state index >= 15 is 0 Å². The average Bonchev–Trinajstić information content (AvgIpc) is 2.78. The summed E-state index contributed by atoms with van der Waals surface area (Å²) < 4.78 is 2.97. The first-order valence-corrected chi connectivity index (χ1v) is 7.31. The van der Waals surface area contributed by atoms with Gasteiger partial charge in [0, 0.05) is 6.04 Å². The number of hydrogen-bond acceptors (Lipinski definition) is 3. The molecule has 0 saturated heterocycles. The molecule has 1 N–H and O–H groups in total. The predicted octanol–water partition coefficient (Wildman–Crippen LogP) is 4.03. The number of aromatic amines is 1. The number of hydrogen-bond donors (Lipinski definition) is 1. The molecule has 2 unspecified atom stereocenters. The molecule has 0 radical (unpaired) electrons. The van der Waals surface area contributed by atoms with Crippen LogP contribution in [0, 0.1) is 10.7 Å². The van der Waals surface area contributed by atoms with Gasteiger partial charge in [0.25, 0.3) is 0 Å². The zero-order valence-corrected chi connectivity index (χ0v) is 11.4. The highest BCUT2D eigenvalue weighted by atomic mass is 32.1. The lowest BCUT2D eigenvalue weighted by molar-refractivity contribution is 0.606. The van der Waals surface area contributed by atoms with E-state index in [9.17, 15) is 0 Å². The quantitative estimate of drug-likeness (QED) is 0.847. The fourth-order valence-corrected chi connectivity index (χ4v) is 3.40. The average molecular weight is 265 g/mol. The summed E-state index contributed by atoms with van der Waals surface area (Å²) in [6.45, 7) is 2.24. The molecule has 2 atom stereocenters. The minimum Gasteiger partial charge on any atom is -0.296 e. The molecule has 2 heterocycles. The molecule has 2 aromatic rings. The zero-order valence-electron chi connectivity index (χ0n) is 9.72. The maximum Gasteiger partial charge on any atom is 0.195 e. The van der Waals surface area contributed by atoms with Gasteiger partial charge in [0.2, 0.25) is 0 Å². The first-order chi connectivity index (χ1) is 8.31. The standard InChI is InChI=1S/C12H15N3S2/c1-2-4-8-7-9(8)15-11(13-14-12(15)16)10-5-3-6-17-10/h3,5-6,8-9H,2,4,7H2,1H3,(H,14,16). The molecule has 0 aromatic carbocycles. The second kappa shape index (κ2) is 4.38. The smallest absolute Gasteiger partial charge is 0.195 e. The van der Waals surface area contributed by atoms with E-state index in [0.29, 0.717) is 6.04 Å². The van der Waals surface area contributed by atoms with Crippen LogP contribution < -0.4 is 0 Å². The molecule has 3 rings (SSSR count). The Hall–Kier alpha value is -0.940. The van der Waals surface area contributed by atoms with E-state index in [0.717, 1.165) is 16.5 Å².